The number of halogens is 4. The van der Waals surface area contributed by atoms with Gasteiger partial charge in [0.15, 0.2) is 5.78 Å². The van der Waals surface area contributed by atoms with Crippen molar-refractivity contribution < 1.29 is 46.9 Å². The van der Waals surface area contributed by atoms with Gasteiger partial charge in [0.25, 0.3) is 0 Å². The SMILES string of the molecule is CCOC(=O)C(=CN(C)C)C(=O)c1cc(Br)c(OC)cc1F.CCOC(=O)CC(=O)c1cc(Br)c(OC)cc1F. The fourth-order valence-corrected chi connectivity index (χ4v) is 4.02. The number of methoxy groups -OCH3 is 2. The summed E-state index contributed by atoms with van der Waals surface area (Å²) < 4.78 is 47.9. The van der Waals surface area contributed by atoms with Gasteiger partial charge < -0.3 is 23.8 Å². The predicted octanol–water partition coefficient (Wildman–Crippen LogP) is 5.52. The largest absolute Gasteiger partial charge is 0.495 e. The van der Waals surface area contributed by atoms with Gasteiger partial charge in [0, 0.05) is 32.4 Å². The van der Waals surface area contributed by atoms with E-state index in [1.807, 2.05) is 0 Å². The molecule has 9 nitrogen and oxygen atoms in total. The molecular weight excluding hydrogens is 664 g/mol. The van der Waals surface area contributed by atoms with Crippen LogP contribution in [-0.2, 0) is 19.1 Å². The van der Waals surface area contributed by atoms with Gasteiger partial charge in [-0.2, -0.15) is 0 Å². The Balaban J connectivity index is 0.000000408. The van der Waals surface area contributed by atoms with Crippen molar-refractivity contribution in [1.29, 1.82) is 0 Å². The van der Waals surface area contributed by atoms with E-state index in [2.05, 4.69) is 36.6 Å². The molecule has 0 saturated heterocycles. The molecule has 0 spiro atoms. The average molecular weight is 693 g/mol. The molecule has 2 aromatic rings. The molecule has 0 N–H and O–H groups in total. The maximum Gasteiger partial charge on any atom is 0.343 e. The van der Waals surface area contributed by atoms with Gasteiger partial charge in [-0.25, -0.2) is 13.6 Å². The minimum atomic E-state index is -0.799. The van der Waals surface area contributed by atoms with Crippen molar-refractivity contribution in [2.75, 3.05) is 41.5 Å². The quantitative estimate of drug-likeness (QED) is 0.0989. The van der Waals surface area contributed by atoms with Crippen molar-refractivity contribution in [2.45, 2.75) is 20.3 Å². The molecule has 2 aromatic carbocycles. The number of ether oxygens (including phenoxy) is 4. The van der Waals surface area contributed by atoms with Crippen LogP contribution in [0.5, 0.6) is 11.5 Å². The Bertz CT molecular complexity index is 1280. The number of carbonyl (C=O) groups is 4. The van der Waals surface area contributed by atoms with E-state index < -0.39 is 41.6 Å². The summed E-state index contributed by atoms with van der Waals surface area (Å²) >= 11 is 6.33. The molecule has 0 heterocycles. The normalized spacial score (nSPS) is 10.6. The van der Waals surface area contributed by atoms with Crippen molar-refractivity contribution in [2.24, 2.45) is 0 Å². The summed E-state index contributed by atoms with van der Waals surface area (Å²) in [4.78, 5) is 48.7. The monoisotopic (exact) mass is 691 g/mol. The van der Waals surface area contributed by atoms with Gasteiger partial charge in [-0.05, 0) is 57.8 Å². The zero-order chi connectivity index (χ0) is 30.6. The molecule has 0 fully saturated rings. The highest BCUT2D eigenvalue weighted by molar-refractivity contribution is 9.10. The lowest BCUT2D eigenvalue weighted by Crippen LogP contribution is -2.20. The summed E-state index contributed by atoms with van der Waals surface area (Å²) in [6, 6.07) is 4.73. The van der Waals surface area contributed by atoms with E-state index in [0.29, 0.717) is 8.95 Å². The van der Waals surface area contributed by atoms with Crippen molar-refractivity contribution in [3.63, 3.8) is 0 Å². The molecule has 218 valence electrons. The van der Waals surface area contributed by atoms with E-state index in [1.165, 1.54) is 37.5 Å². The smallest absolute Gasteiger partial charge is 0.343 e. The number of hydrogen-bond acceptors (Lipinski definition) is 9. The molecule has 0 aliphatic carbocycles. The highest BCUT2D eigenvalue weighted by atomic mass is 79.9. The summed E-state index contributed by atoms with van der Waals surface area (Å²) in [5.74, 6) is -3.84. The van der Waals surface area contributed by atoms with Crippen LogP contribution >= 0.6 is 31.9 Å². The molecule has 13 heteroatoms. The summed E-state index contributed by atoms with van der Waals surface area (Å²) in [5, 5.41) is 0. The molecule has 0 amide bonds. The van der Waals surface area contributed by atoms with Gasteiger partial charge in [0.05, 0.1) is 47.5 Å². The third kappa shape index (κ3) is 10.0. The second-order valence-electron chi connectivity index (χ2n) is 7.89. The van der Waals surface area contributed by atoms with E-state index in [-0.39, 0.29) is 41.4 Å². The molecule has 0 radical (unpaired) electrons. The molecule has 0 aliphatic rings. The molecule has 2 rings (SSSR count). The van der Waals surface area contributed by atoms with Crippen molar-refractivity contribution in [3.8, 4) is 11.5 Å². The number of hydrogen-bond donors (Lipinski definition) is 0. The summed E-state index contributed by atoms with van der Waals surface area (Å²) in [7, 11) is 6.07. The van der Waals surface area contributed by atoms with Crippen molar-refractivity contribution in [3.05, 3.63) is 67.7 Å². The molecule has 0 aromatic heterocycles. The number of esters is 2. The average Bonchev–Trinajstić information content (AvgIpc) is 2.89. The predicted molar refractivity (Wildman–Crippen MR) is 150 cm³/mol. The first-order chi connectivity index (χ1) is 18.8. The third-order valence-corrected chi connectivity index (χ3v) is 6.00. The summed E-state index contributed by atoms with van der Waals surface area (Å²) in [6.45, 7) is 3.56. The Hall–Kier alpha value is -3.32. The molecular formula is C27H29Br2F2NO8. The highest BCUT2D eigenvalue weighted by Gasteiger charge is 2.25. The standard InChI is InChI=1S/C15H17BrFNO4.C12H12BrFO4/c1-5-22-15(20)10(8-18(2)3)14(19)9-6-11(16)13(21-4)7-12(9)17;1-3-18-12(16)6-10(15)7-4-8(13)11(17-2)5-9(7)14/h6-8H,5H2,1-4H3;4-5H,3,6H2,1-2H3. The van der Waals surface area contributed by atoms with Crippen LogP contribution in [0.15, 0.2) is 45.0 Å². The Morgan fingerprint density at radius 3 is 1.75 bits per heavy atom. The van der Waals surface area contributed by atoms with Gasteiger partial charge in [-0.1, -0.05) is 0 Å². The molecule has 0 aliphatic heterocycles. The third-order valence-electron chi connectivity index (χ3n) is 4.77. The van der Waals surface area contributed by atoms with Crippen molar-refractivity contribution in [1.82, 2.24) is 4.90 Å². The number of Topliss-reactive ketones (excluding diaryl/α,β-unsaturated/α-hetero) is 2. The number of nitrogens with zero attached hydrogens (tertiary/aromatic N) is 1. The first-order valence-electron chi connectivity index (χ1n) is 11.7. The topological polar surface area (TPSA) is 108 Å². The fourth-order valence-electron chi connectivity index (χ4n) is 3.01. The zero-order valence-electron chi connectivity index (χ0n) is 22.7. The Morgan fingerprint density at radius 1 is 0.825 bits per heavy atom. The summed E-state index contributed by atoms with van der Waals surface area (Å²) in [5.41, 5.74) is -0.660. The lowest BCUT2D eigenvalue weighted by molar-refractivity contribution is -0.142. The molecule has 40 heavy (non-hydrogen) atoms. The fraction of sp³-hybridized carbons (Fsp3) is 0.333. The first kappa shape index (κ1) is 34.7. The Morgan fingerprint density at radius 2 is 1.30 bits per heavy atom. The van der Waals surface area contributed by atoms with Crippen LogP contribution < -0.4 is 9.47 Å². The molecule has 0 atom stereocenters. The van der Waals surface area contributed by atoms with Crippen LogP contribution in [0.3, 0.4) is 0 Å². The minimum Gasteiger partial charge on any atom is -0.495 e. The van der Waals surface area contributed by atoms with E-state index >= 15 is 0 Å². The summed E-state index contributed by atoms with van der Waals surface area (Å²) in [6.07, 6.45) is 0.821. The second-order valence-corrected chi connectivity index (χ2v) is 9.60. The van der Waals surface area contributed by atoms with Crippen LogP contribution in [0.2, 0.25) is 0 Å². The van der Waals surface area contributed by atoms with Gasteiger partial charge >= 0.3 is 11.9 Å². The number of carbonyl (C=O) groups excluding carboxylic acids is 4. The van der Waals surface area contributed by atoms with Crippen LogP contribution in [0.4, 0.5) is 8.78 Å². The van der Waals surface area contributed by atoms with Crippen LogP contribution in [-0.4, -0.2) is 69.9 Å². The Labute approximate surface area is 247 Å². The molecule has 0 unspecified atom stereocenters. The van der Waals surface area contributed by atoms with Crippen molar-refractivity contribution >= 4 is 55.4 Å². The zero-order valence-corrected chi connectivity index (χ0v) is 25.9. The Kier molecular flexibility index (Phi) is 14.5. The number of benzene rings is 2. The maximum absolute atomic E-state index is 14.1. The first-order valence-corrected chi connectivity index (χ1v) is 13.2. The molecule has 0 bridgehead atoms. The van der Waals surface area contributed by atoms with Crippen LogP contribution in [0, 0.1) is 11.6 Å². The van der Waals surface area contributed by atoms with E-state index in [4.69, 9.17) is 14.2 Å². The van der Waals surface area contributed by atoms with Gasteiger partial charge in [0.1, 0.15) is 35.1 Å². The van der Waals surface area contributed by atoms with E-state index in [0.717, 1.165) is 12.1 Å². The number of rotatable bonds is 11. The van der Waals surface area contributed by atoms with E-state index in [1.54, 1.807) is 27.9 Å². The van der Waals surface area contributed by atoms with Gasteiger partial charge in [0.2, 0.25) is 5.78 Å². The van der Waals surface area contributed by atoms with Crippen LogP contribution in [0.1, 0.15) is 41.0 Å². The van der Waals surface area contributed by atoms with E-state index in [9.17, 15) is 28.0 Å². The van der Waals surface area contributed by atoms with Crippen LogP contribution in [0.25, 0.3) is 0 Å². The number of ketones is 2. The highest BCUT2D eigenvalue weighted by Crippen LogP contribution is 2.30. The lowest BCUT2D eigenvalue weighted by Gasteiger charge is -2.12. The van der Waals surface area contributed by atoms with Gasteiger partial charge in [-0.3, -0.25) is 14.4 Å². The lowest BCUT2D eigenvalue weighted by atomic mass is 10.0. The molecule has 0 saturated carbocycles. The second kappa shape index (κ2) is 16.7. The minimum absolute atomic E-state index is 0.117. The maximum atomic E-state index is 14.1. The van der Waals surface area contributed by atoms with Gasteiger partial charge in [-0.15, -0.1) is 0 Å².